The predicted molar refractivity (Wildman–Crippen MR) is 77.0 cm³/mol. The fourth-order valence-corrected chi connectivity index (χ4v) is 1.69. The number of hydrogen-bond donors (Lipinski definition) is 2. The summed E-state index contributed by atoms with van der Waals surface area (Å²) in [7, 11) is 0. The van der Waals surface area contributed by atoms with Gasteiger partial charge in [-0.3, -0.25) is 4.79 Å². The van der Waals surface area contributed by atoms with Gasteiger partial charge >= 0.3 is 0 Å². The molecule has 21 heavy (non-hydrogen) atoms. The molecule has 2 rings (SSSR count). The van der Waals surface area contributed by atoms with Crippen LogP contribution in [0, 0.1) is 12.7 Å². The second-order valence-electron chi connectivity index (χ2n) is 5.54. The normalized spacial score (nSPS) is 11.5. The number of anilines is 1. The number of hydrogen-bond acceptors (Lipinski definition) is 4. The SMILES string of the molecule is Cc1ccc(NC(=O)Cn2cc(C(C)(C)N)nn2)cc1F. The van der Waals surface area contributed by atoms with E-state index < -0.39 is 5.54 Å². The summed E-state index contributed by atoms with van der Waals surface area (Å²) in [6, 6.07) is 4.53. The third-order valence-electron chi connectivity index (χ3n) is 2.96. The van der Waals surface area contributed by atoms with Crippen molar-refractivity contribution in [3.8, 4) is 0 Å². The average molecular weight is 291 g/mol. The first-order valence-corrected chi connectivity index (χ1v) is 6.51. The Bertz CT molecular complexity index is 660. The van der Waals surface area contributed by atoms with Crippen molar-refractivity contribution in [2.45, 2.75) is 32.9 Å². The number of aryl methyl sites for hydroxylation is 1. The molecule has 0 unspecified atom stereocenters. The number of rotatable bonds is 4. The fraction of sp³-hybridized carbons (Fsp3) is 0.357. The Labute approximate surface area is 122 Å². The van der Waals surface area contributed by atoms with Crippen LogP contribution in [-0.2, 0) is 16.9 Å². The van der Waals surface area contributed by atoms with Crippen molar-refractivity contribution < 1.29 is 9.18 Å². The Balaban J connectivity index is 2.01. The molecule has 0 fully saturated rings. The molecule has 2 aromatic rings. The van der Waals surface area contributed by atoms with E-state index in [2.05, 4.69) is 15.6 Å². The summed E-state index contributed by atoms with van der Waals surface area (Å²) in [5.41, 5.74) is 6.81. The van der Waals surface area contributed by atoms with Gasteiger partial charge in [-0.15, -0.1) is 5.10 Å². The molecule has 1 heterocycles. The van der Waals surface area contributed by atoms with Crippen molar-refractivity contribution in [1.29, 1.82) is 0 Å². The highest BCUT2D eigenvalue weighted by Gasteiger charge is 2.18. The number of benzene rings is 1. The summed E-state index contributed by atoms with van der Waals surface area (Å²) < 4.78 is 14.8. The van der Waals surface area contributed by atoms with Gasteiger partial charge in [0, 0.05) is 5.69 Å². The van der Waals surface area contributed by atoms with Gasteiger partial charge in [0.2, 0.25) is 5.91 Å². The summed E-state index contributed by atoms with van der Waals surface area (Å²) in [6.45, 7) is 5.25. The van der Waals surface area contributed by atoms with Crippen molar-refractivity contribution in [2.75, 3.05) is 5.32 Å². The molecule has 7 heteroatoms. The van der Waals surface area contributed by atoms with E-state index in [9.17, 15) is 9.18 Å². The molecule has 0 saturated carbocycles. The second-order valence-corrected chi connectivity index (χ2v) is 5.54. The molecule has 112 valence electrons. The van der Waals surface area contributed by atoms with Gasteiger partial charge in [0.25, 0.3) is 0 Å². The smallest absolute Gasteiger partial charge is 0.246 e. The van der Waals surface area contributed by atoms with E-state index in [1.807, 2.05) is 0 Å². The molecule has 3 N–H and O–H groups in total. The first-order chi connectivity index (χ1) is 9.75. The lowest BCUT2D eigenvalue weighted by molar-refractivity contribution is -0.116. The maximum absolute atomic E-state index is 13.4. The number of nitrogens with zero attached hydrogens (tertiary/aromatic N) is 3. The van der Waals surface area contributed by atoms with Crippen LogP contribution in [0.1, 0.15) is 25.1 Å². The Hall–Kier alpha value is -2.28. The minimum Gasteiger partial charge on any atom is -0.324 e. The minimum absolute atomic E-state index is 0.0153. The van der Waals surface area contributed by atoms with Gasteiger partial charge in [-0.1, -0.05) is 11.3 Å². The van der Waals surface area contributed by atoms with E-state index in [-0.39, 0.29) is 18.3 Å². The van der Waals surface area contributed by atoms with Gasteiger partial charge in [-0.2, -0.15) is 0 Å². The number of carbonyl (C=O) groups is 1. The van der Waals surface area contributed by atoms with Gasteiger partial charge in [0.15, 0.2) is 0 Å². The summed E-state index contributed by atoms with van der Waals surface area (Å²) in [5.74, 6) is -0.676. The van der Waals surface area contributed by atoms with Crippen molar-refractivity contribution in [1.82, 2.24) is 15.0 Å². The molecule has 0 spiro atoms. The first kappa shape index (κ1) is 15.1. The van der Waals surface area contributed by atoms with Gasteiger partial charge in [0.1, 0.15) is 18.1 Å². The van der Waals surface area contributed by atoms with Gasteiger partial charge in [-0.05, 0) is 38.5 Å². The van der Waals surface area contributed by atoms with Gasteiger partial charge in [0.05, 0.1) is 11.7 Å². The van der Waals surface area contributed by atoms with Gasteiger partial charge < -0.3 is 11.1 Å². The van der Waals surface area contributed by atoms with Crippen LogP contribution in [0.25, 0.3) is 0 Å². The summed E-state index contributed by atoms with van der Waals surface area (Å²) in [6.07, 6.45) is 1.62. The van der Waals surface area contributed by atoms with Crippen LogP contribution in [0.15, 0.2) is 24.4 Å². The number of nitrogens with one attached hydrogen (secondary N) is 1. The molecule has 0 aliphatic heterocycles. The fourth-order valence-electron chi connectivity index (χ4n) is 1.69. The molecule has 1 amide bonds. The van der Waals surface area contributed by atoms with Gasteiger partial charge in [-0.25, -0.2) is 9.07 Å². The zero-order chi connectivity index (χ0) is 15.6. The van der Waals surface area contributed by atoms with E-state index in [0.29, 0.717) is 16.9 Å². The summed E-state index contributed by atoms with van der Waals surface area (Å²) in [4.78, 5) is 11.9. The van der Waals surface area contributed by atoms with E-state index >= 15 is 0 Å². The quantitative estimate of drug-likeness (QED) is 0.895. The topological polar surface area (TPSA) is 85.8 Å². The lowest BCUT2D eigenvalue weighted by Gasteiger charge is -2.13. The zero-order valence-electron chi connectivity index (χ0n) is 12.2. The lowest BCUT2D eigenvalue weighted by Crippen LogP contribution is -2.29. The van der Waals surface area contributed by atoms with Crippen LogP contribution in [0.3, 0.4) is 0 Å². The summed E-state index contributed by atoms with van der Waals surface area (Å²) in [5, 5.41) is 10.4. The van der Waals surface area contributed by atoms with Crippen molar-refractivity contribution in [3.63, 3.8) is 0 Å². The molecule has 0 radical (unpaired) electrons. The maximum atomic E-state index is 13.4. The monoisotopic (exact) mass is 291 g/mol. The third-order valence-corrected chi connectivity index (χ3v) is 2.96. The van der Waals surface area contributed by atoms with Crippen LogP contribution in [0.4, 0.5) is 10.1 Å². The molecule has 1 aromatic carbocycles. The number of halogens is 1. The molecule has 0 atom stereocenters. The first-order valence-electron chi connectivity index (χ1n) is 6.51. The molecule has 0 saturated heterocycles. The van der Waals surface area contributed by atoms with Crippen molar-refractivity contribution in [2.24, 2.45) is 5.73 Å². The van der Waals surface area contributed by atoms with Crippen molar-refractivity contribution in [3.05, 3.63) is 41.5 Å². The van der Waals surface area contributed by atoms with Crippen LogP contribution >= 0.6 is 0 Å². The molecule has 0 bridgehead atoms. The number of amides is 1. The zero-order valence-corrected chi connectivity index (χ0v) is 12.2. The molecular formula is C14H18FN5O. The van der Waals surface area contributed by atoms with Crippen LogP contribution < -0.4 is 11.1 Å². The van der Waals surface area contributed by atoms with Crippen LogP contribution in [0.5, 0.6) is 0 Å². The van der Waals surface area contributed by atoms with E-state index in [0.717, 1.165) is 0 Å². The molecular weight excluding hydrogens is 273 g/mol. The molecule has 0 aliphatic rings. The average Bonchev–Trinajstić information content (AvgIpc) is 2.82. The lowest BCUT2D eigenvalue weighted by atomic mass is 10.0. The highest BCUT2D eigenvalue weighted by molar-refractivity contribution is 5.90. The van der Waals surface area contributed by atoms with Crippen molar-refractivity contribution >= 4 is 11.6 Å². The largest absolute Gasteiger partial charge is 0.324 e. The predicted octanol–water partition coefficient (Wildman–Crippen LogP) is 1.56. The Kier molecular flexibility index (Phi) is 4.04. The highest BCUT2D eigenvalue weighted by atomic mass is 19.1. The minimum atomic E-state index is -0.616. The second kappa shape index (κ2) is 5.61. The number of nitrogens with two attached hydrogens (primary N) is 1. The maximum Gasteiger partial charge on any atom is 0.246 e. The van der Waals surface area contributed by atoms with E-state index in [1.165, 1.54) is 10.7 Å². The van der Waals surface area contributed by atoms with E-state index in [1.54, 1.807) is 39.1 Å². The summed E-state index contributed by atoms with van der Waals surface area (Å²) >= 11 is 0. The standard InChI is InChI=1S/C14H18FN5O/c1-9-4-5-10(6-11(9)15)17-13(21)8-20-7-12(18-19-20)14(2,3)16/h4-7H,8,16H2,1-3H3,(H,17,21). The molecule has 6 nitrogen and oxygen atoms in total. The number of carbonyl (C=O) groups excluding carboxylic acids is 1. The molecule has 1 aromatic heterocycles. The Morgan fingerprint density at radius 1 is 1.48 bits per heavy atom. The molecule has 0 aliphatic carbocycles. The third kappa shape index (κ3) is 3.85. The highest BCUT2D eigenvalue weighted by Crippen LogP contribution is 2.14. The Morgan fingerprint density at radius 2 is 2.19 bits per heavy atom. The number of aromatic nitrogens is 3. The van der Waals surface area contributed by atoms with Crippen LogP contribution in [0.2, 0.25) is 0 Å². The Morgan fingerprint density at radius 3 is 2.76 bits per heavy atom. The van der Waals surface area contributed by atoms with E-state index in [4.69, 9.17) is 5.73 Å². The van der Waals surface area contributed by atoms with Crippen LogP contribution in [-0.4, -0.2) is 20.9 Å².